The number of nitrogens with zero attached hydrogens (tertiary/aromatic N) is 1. The van der Waals surface area contributed by atoms with Crippen LogP contribution in [0, 0.1) is 5.41 Å². The van der Waals surface area contributed by atoms with Crippen LogP contribution in [-0.4, -0.2) is 37.4 Å². The molecule has 5 nitrogen and oxygen atoms in total. The van der Waals surface area contributed by atoms with Crippen molar-refractivity contribution in [3.63, 3.8) is 0 Å². The average Bonchev–Trinajstić information content (AvgIpc) is 2.42. The van der Waals surface area contributed by atoms with Gasteiger partial charge in [0.2, 0.25) is 5.91 Å². The number of rotatable bonds is 7. The Kier molecular flexibility index (Phi) is 6.48. The molecular formula is C16H24ClNO4S. The van der Waals surface area contributed by atoms with Crippen molar-refractivity contribution >= 4 is 27.6 Å². The first-order valence-corrected chi connectivity index (χ1v) is 9.67. The van der Waals surface area contributed by atoms with E-state index >= 15 is 0 Å². The Labute approximate surface area is 143 Å². The van der Waals surface area contributed by atoms with Crippen LogP contribution in [0.3, 0.4) is 0 Å². The lowest BCUT2D eigenvalue weighted by atomic mass is 9.93. The predicted molar refractivity (Wildman–Crippen MR) is 92.1 cm³/mol. The summed E-state index contributed by atoms with van der Waals surface area (Å²) in [4.78, 5) is 14.4. The maximum absolute atomic E-state index is 12.7. The molecule has 0 saturated heterocycles. The molecule has 130 valence electrons. The molecule has 0 aliphatic rings. The van der Waals surface area contributed by atoms with E-state index in [2.05, 4.69) is 0 Å². The Morgan fingerprint density at radius 3 is 2.43 bits per heavy atom. The summed E-state index contributed by atoms with van der Waals surface area (Å²) in [5, 5.41) is 0. The van der Waals surface area contributed by atoms with Crippen LogP contribution < -0.4 is 4.18 Å². The molecule has 1 rings (SSSR count). The van der Waals surface area contributed by atoms with Gasteiger partial charge in [0.05, 0.1) is 11.7 Å². The number of alkyl halides is 1. The van der Waals surface area contributed by atoms with Crippen LogP contribution in [0.1, 0.15) is 33.3 Å². The molecule has 0 bridgehead atoms. The minimum atomic E-state index is -3.58. The van der Waals surface area contributed by atoms with Crippen molar-refractivity contribution in [3.05, 3.63) is 29.8 Å². The van der Waals surface area contributed by atoms with Crippen molar-refractivity contribution in [2.75, 3.05) is 12.1 Å². The maximum atomic E-state index is 12.7. The quantitative estimate of drug-likeness (QED) is 0.553. The SMILES string of the molecule is CC(C)N(Cc1cccc(OS(C)(=O)=O)c1)C(=O)C(C)(C)CCl. The number of amides is 1. The molecule has 0 heterocycles. The minimum absolute atomic E-state index is 0.00975. The first kappa shape index (κ1) is 19.8. The van der Waals surface area contributed by atoms with Gasteiger partial charge in [-0.3, -0.25) is 4.79 Å². The second-order valence-electron chi connectivity index (χ2n) is 6.48. The van der Waals surface area contributed by atoms with Gasteiger partial charge in [0.15, 0.2) is 0 Å². The molecular weight excluding hydrogens is 338 g/mol. The zero-order chi connectivity index (χ0) is 17.8. The van der Waals surface area contributed by atoms with E-state index in [0.717, 1.165) is 11.8 Å². The van der Waals surface area contributed by atoms with Gasteiger partial charge in [-0.15, -0.1) is 11.6 Å². The van der Waals surface area contributed by atoms with Gasteiger partial charge in [0.25, 0.3) is 0 Å². The third-order valence-electron chi connectivity index (χ3n) is 3.30. The predicted octanol–water partition coefficient (Wildman–Crippen LogP) is 3.03. The standard InChI is InChI=1S/C16H24ClNO4S/c1-12(2)18(15(19)16(3,4)11-17)10-13-7-6-8-14(9-13)22-23(5,20)21/h6-9,12H,10-11H2,1-5H3. The fourth-order valence-corrected chi connectivity index (χ4v) is 2.57. The Bertz CT molecular complexity index is 656. The second-order valence-corrected chi connectivity index (χ2v) is 8.32. The molecule has 0 saturated carbocycles. The van der Waals surface area contributed by atoms with Crippen molar-refractivity contribution in [1.29, 1.82) is 0 Å². The second kappa shape index (κ2) is 7.53. The van der Waals surface area contributed by atoms with E-state index in [1.807, 2.05) is 19.9 Å². The summed E-state index contributed by atoms with van der Waals surface area (Å²) >= 11 is 5.90. The minimum Gasteiger partial charge on any atom is -0.383 e. The molecule has 7 heteroatoms. The van der Waals surface area contributed by atoms with E-state index < -0.39 is 15.5 Å². The Balaban J connectivity index is 3.02. The molecule has 0 fully saturated rings. The molecule has 0 atom stereocenters. The third kappa shape index (κ3) is 6.03. The zero-order valence-electron chi connectivity index (χ0n) is 14.2. The van der Waals surface area contributed by atoms with Crippen molar-refractivity contribution in [3.8, 4) is 5.75 Å². The topological polar surface area (TPSA) is 63.7 Å². The lowest BCUT2D eigenvalue weighted by Crippen LogP contribution is -2.45. The van der Waals surface area contributed by atoms with E-state index in [1.165, 1.54) is 0 Å². The van der Waals surface area contributed by atoms with Crippen LogP contribution in [0.4, 0.5) is 0 Å². The molecule has 0 unspecified atom stereocenters. The van der Waals surface area contributed by atoms with E-state index in [1.54, 1.807) is 36.9 Å². The summed E-state index contributed by atoms with van der Waals surface area (Å²) in [5.41, 5.74) is 0.130. The molecule has 0 aromatic heterocycles. The lowest BCUT2D eigenvalue weighted by Gasteiger charge is -2.33. The van der Waals surface area contributed by atoms with Gasteiger partial charge in [-0.2, -0.15) is 8.42 Å². The lowest BCUT2D eigenvalue weighted by molar-refractivity contribution is -0.141. The van der Waals surface area contributed by atoms with Crippen molar-refractivity contribution in [2.24, 2.45) is 5.41 Å². The van der Waals surface area contributed by atoms with Crippen LogP contribution >= 0.6 is 11.6 Å². The van der Waals surface area contributed by atoms with Gasteiger partial charge in [-0.1, -0.05) is 12.1 Å². The average molecular weight is 362 g/mol. The first-order valence-electron chi connectivity index (χ1n) is 7.31. The molecule has 0 spiro atoms. The van der Waals surface area contributed by atoms with Gasteiger partial charge in [-0.25, -0.2) is 0 Å². The number of carbonyl (C=O) groups excluding carboxylic acids is 1. The number of carbonyl (C=O) groups is 1. The molecule has 0 radical (unpaired) electrons. The summed E-state index contributed by atoms with van der Waals surface area (Å²) < 4.78 is 27.3. The molecule has 0 N–H and O–H groups in total. The van der Waals surface area contributed by atoms with Crippen molar-refractivity contribution < 1.29 is 17.4 Å². The van der Waals surface area contributed by atoms with E-state index in [0.29, 0.717) is 6.54 Å². The first-order chi connectivity index (χ1) is 10.5. The van der Waals surface area contributed by atoms with Crippen LogP contribution in [0.5, 0.6) is 5.75 Å². The van der Waals surface area contributed by atoms with Crippen LogP contribution in [-0.2, 0) is 21.5 Å². The van der Waals surface area contributed by atoms with Crippen LogP contribution in [0.25, 0.3) is 0 Å². The zero-order valence-corrected chi connectivity index (χ0v) is 15.7. The normalized spacial score (nSPS) is 12.3. The number of hydrogen-bond acceptors (Lipinski definition) is 4. The molecule has 0 aliphatic carbocycles. The van der Waals surface area contributed by atoms with Gasteiger partial charge in [-0.05, 0) is 45.4 Å². The summed E-state index contributed by atoms with van der Waals surface area (Å²) in [6, 6.07) is 6.70. The molecule has 1 aromatic rings. The largest absolute Gasteiger partial charge is 0.383 e. The maximum Gasteiger partial charge on any atom is 0.306 e. The summed E-state index contributed by atoms with van der Waals surface area (Å²) in [6.45, 7) is 7.83. The van der Waals surface area contributed by atoms with E-state index in [9.17, 15) is 13.2 Å². The summed E-state index contributed by atoms with van der Waals surface area (Å²) in [5.74, 6) is 0.418. The van der Waals surface area contributed by atoms with Crippen molar-refractivity contribution in [2.45, 2.75) is 40.3 Å². The van der Waals surface area contributed by atoms with Gasteiger partial charge < -0.3 is 9.08 Å². The fraction of sp³-hybridized carbons (Fsp3) is 0.562. The highest BCUT2D eigenvalue weighted by Crippen LogP contribution is 2.24. The van der Waals surface area contributed by atoms with E-state index in [4.69, 9.17) is 15.8 Å². The highest BCUT2D eigenvalue weighted by molar-refractivity contribution is 7.86. The van der Waals surface area contributed by atoms with E-state index in [-0.39, 0.29) is 23.6 Å². The third-order valence-corrected chi connectivity index (χ3v) is 4.46. The highest BCUT2D eigenvalue weighted by atomic mass is 35.5. The highest BCUT2D eigenvalue weighted by Gasteiger charge is 2.32. The molecule has 1 amide bonds. The Morgan fingerprint density at radius 2 is 1.96 bits per heavy atom. The van der Waals surface area contributed by atoms with Gasteiger partial charge in [0, 0.05) is 18.5 Å². The van der Waals surface area contributed by atoms with Gasteiger partial charge >= 0.3 is 10.1 Å². The fourth-order valence-electron chi connectivity index (χ4n) is 2.00. The molecule has 0 aliphatic heterocycles. The smallest absolute Gasteiger partial charge is 0.306 e. The Morgan fingerprint density at radius 1 is 1.35 bits per heavy atom. The summed E-state index contributed by atoms with van der Waals surface area (Å²) in [7, 11) is -3.58. The number of benzene rings is 1. The number of hydrogen-bond donors (Lipinski definition) is 0. The van der Waals surface area contributed by atoms with Crippen LogP contribution in [0.15, 0.2) is 24.3 Å². The van der Waals surface area contributed by atoms with Gasteiger partial charge in [0.1, 0.15) is 5.75 Å². The molecule has 1 aromatic carbocycles. The van der Waals surface area contributed by atoms with Crippen molar-refractivity contribution in [1.82, 2.24) is 4.90 Å². The summed E-state index contributed by atoms with van der Waals surface area (Å²) in [6.07, 6.45) is 0.993. The van der Waals surface area contributed by atoms with Crippen LogP contribution in [0.2, 0.25) is 0 Å². The number of halogens is 1. The molecule has 23 heavy (non-hydrogen) atoms. The Hall–Kier alpha value is -1.27. The monoisotopic (exact) mass is 361 g/mol.